The molecule has 2 rings (SSSR count). The van der Waals surface area contributed by atoms with Crippen LogP contribution in [0.15, 0.2) is 0 Å². The molecule has 0 aromatic heterocycles. The number of amides is 1. The van der Waals surface area contributed by atoms with Crippen LogP contribution in [0.25, 0.3) is 0 Å². The summed E-state index contributed by atoms with van der Waals surface area (Å²) in [5, 5.41) is 6.59. The van der Waals surface area contributed by atoms with E-state index in [1.54, 1.807) is 0 Å². The first kappa shape index (κ1) is 14.8. The van der Waals surface area contributed by atoms with Gasteiger partial charge in [0.15, 0.2) is 0 Å². The zero-order valence-electron chi connectivity index (χ0n) is 12.4. The fourth-order valence-electron chi connectivity index (χ4n) is 3.50. The standard InChI is InChI=1S/C16H30N2O/c1-2-13-6-8-14(9-7-13)12-18-16(19)11-15-5-3-4-10-17-15/h13-15,17H,2-12H2,1H3,(H,18,19). The first-order valence-electron chi connectivity index (χ1n) is 8.28. The fourth-order valence-corrected chi connectivity index (χ4v) is 3.50. The zero-order chi connectivity index (χ0) is 13.5. The lowest BCUT2D eigenvalue weighted by atomic mass is 9.81. The summed E-state index contributed by atoms with van der Waals surface area (Å²) >= 11 is 0. The van der Waals surface area contributed by atoms with Crippen LogP contribution in [0.1, 0.15) is 64.7 Å². The van der Waals surface area contributed by atoms with E-state index in [1.165, 1.54) is 44.9 Å². The lowest BCUT2D eigenvalue weighted by molar-refractivity contribution is -0.121. The molecule has 1 amide bonds. The molecular formula is C16H30N2O. The van der Waals surface area contributed by atoms with Crippen LogP contribution in [-0.2, 0) is 4.79 Å². The van der Waals surface area contributed by atoms with E-state index in [-0.39, 0.29) is 5.91 Å². The normalized spacial score (nSPS) is 31.9. The van der Waals surface area contributed by atoms with E-state index in [0.29, 0.717) is 12.5 Å². The van der Waals surface area contributed by atoms with Crippen molar-refractivity contribution in [3.8, 4) is 0 Å². The van der Waals surface area contributed by atoms with Gasteiger partial charge in [-0.1, -0.05) is 32.6 Å². The second kappa shape index (κ2) is 7.88. The molecule has 1 unspecified atom stereocenters. The van der Waals surface area contributed by atoms with E-state index in [9.17, 15) is 4.79 Å². The number of hydrogen-bond donors (Lipinski definition) is 2. The molecule has 1 atom stereocenters. The van der Waals surface area contributed by atoms with Crippen molar-refractivity contribution < 1.29 is 4.79 Å². The van der Waals surface area contributed by atoms with Gasteiger partial charge < -0.3 is 10.6 Å². The van der Waals surface area contributed by atoms with Gasteiger partial charge in [-0.05, 0) is 44.1 Å². The van der Waals surface area contributed by atoms with E-state index in [2.05, 4.69) is 17.6 Å². The molecule has 0 aromatic carbocycles. The van der Waals surface area contributed by atoms with E-state index in [1.807, 2.05) is 0 Å². The average molecular weight is 266 g/mol. The Kier molecular flexibility index (Phi) is 6.15. The smallest absolute Gasteiger partial charge is 0.221 e. The summed E-state index contributed by atoms with van der Waals surface area (Å²) in [5.74, 6) is 1.92. The largest absolute Gasteiger partial charge is 0.356 e. The highest BCUT2D eigenvalue weighted by Gasteiger charge is 2.21. The van der Waals surface area contributed by atoms with Crippen LogP contribution in [0.2, 0.25) is 0 Å². The van der Waals surface area contributed by atoms with Crippen LogP contribution in [0.4, 0.5) is 0 Å². The lowest BCUT2D eigenvalue weighted by Crippen LogP contribution is -2.40. The van der Waals surface area contributed by atoms with Crippen LogP contribution in [0, 0.1) is 11.8 Å². The molecule has 1 aliphatic heterocycles. The third-order valence-electron chi connectivity index (χ3n) is 4.98. The van der Waals surface area contributed by atoms with Gasteiger partial charge in [0.2, 0.25) is 5.91 Å². The molecule has 1 saturated carbocycles. The summed E-state index contributed by atoms with van der Waals surface area (Å²) in [6.07, 6.45) is 11.0. The van der Waals surface area contributed by atoms with Crippen LogP contribution in [0.5, 0.6) is 0 Å². The molecule has 2 fully saturated rings. The van der Waals surface area contributed by atoms with Crippen molar-refractivity contribution in [2.75, 3.05) is 13.1 Å². The number of hydrogen-bond acceptors (Lipinski definition) is 2. The minimum absolute atomic E-state index is 0.247. The van der Waals surface area contributed by atoms with Gasteiger partial charge in [0.25, 0.3) is 0 Å². The molecule has 1 aliphatic carbocycles. The summed E-state index contributed by atoms with van der Waals surface area (Å²) in [4.78, 5) is 11.9. The fraction of sp³-hybridized carbons (Fsp3) is 0.938. The predicted octanol–water partition coefficient (Wildman–Crippen LogP) is 2.85. The van der Waals surface area contributed by atoms with Gasteiger partial charge in [-0.25, -0.2) is 0 Å². The molecule has 0 bridgehead atoms. The molecule has 0 aromatic rings. The van der Waals surface area contributed by atoms with Crippen LogP contribution in [0.3, 0.4) is 0 Å². The highest BCUT2D eigenvalue weighted by atomic mass is 16.1. The van der Waals surface area contributed by atoms with Crippen molar-refractivity contribution >= 4 is 5.91 Å². The number of nitrogens with one attached hydrogen (secondary N) is 2. The molecule has 1 heterocycles. The third kappa shape index (κ3) is 5.13. The Morgan fingerprint density at radius 1 is 1.11 bits per heavy atom. The van der Waals surface area contributed by atoms with Gasteiger partial charge in [-0.3, -0.25) is 4.79 Å². The number of carbonyl (C=O) groups is 1. The maximum Gasteiger partial charge on any atom is 0.221 e. The molecule has 19 heavy (non-hydrogen) atoms. The second-order valence-electron chi connectivity index (χ2n) is 6.45. The van der Waals surface area contributed by atoms with E-state index >= 15 is 0 Å². The predicted molar refractivity (Wildman–Crippen MR) is 79.0 cm³/mol. The monoisotopic (exact) mass is 266 g/mol. The van der Waals surface area contributed by atoms with E-state index < -0.39 is 0 Å². The Bertz CT molecular complexity index is 266. The number of piperidine rings is 1. The Morgan fingerprint density at radius 3 is 2.47 bits per heavy atom. The third-order valence-corrected chi connectivity index (χ3v) is 4.98. The van der Waals surface area contributed by atoms with Crippen LogP contribution in [-0.4, -0.2) is 25.0 Å². The van der Waals surface area contributed by atoms with Crippen molar-refractivity contribution in [3.05, 3.63) is 0 Å². The van der Waals surface area contributed by atoms with Crippen molar-refractivity contribution in [3.63, 3.8) is 0 Å². The van der Waals surface area contributed by atoms with Crippen molar-refractivity contribution in [2.24, 2.45) is 11.8 Å². The Balaban J connectivity index is 1.58. The number of carbonyl (C=O) groups excluding carboxylic acids is 1. The summed E-state index contributed by atoms with van der Waals surface area (Å²) in [6, 6.07) is 0.421. The number of rotatable bonds is 5. The summed E-state index contributed by atoms with van der Waals surface area (Å²) in [5.41, 5.74) is 0. The Morgan fingerprint density at radius 2 is 1.84 bits per heavy atom. The molecule has 1 saturated heterocycles. The molecule has 3 nitrogen and oxygen atoms in total. The molecule has 3 heteroatoms. The van der Waals surface area contributed by atoms with Crippen molar-refractivity contribution in [1.82, 2.24) is 10.6 Å². The minimum Gasteiger partial charge on any atom is -0.356 e. The van der Waals surface area contributed by atoms with Crippen LogP contribution >= 0.6 is 0 Å². The summed E-state index contributed by atoms with van der Waals surface area (Å²) in [7, 11) is 0. The van der Waals surface area contributed by atoms with Gasteiger partial charge in [0.05, 0.1) is 0 Å². The average Bonchev–Trinajstić information content (AvgIpc) is 2.47. The van der Waals surface area contributed by atoms with Crippen LogP contribution < -0.4 is 10.6 Å². The van der Waals surface area contributed by atoms with Gasteiger partial charge in [0.1, 0.15) is 0 Å². The summed E-state index contributed by atoms with van der Waals surface area (Å²) in [6.45, 7) is 4.28. The first-order valence-corrected chi connectivity index (χ1v) is 8.28. The van der Waals surface area contributed by atoms with E-state index in [4.69, 9.17) is 0 Å². The minimum atomic E-state index is 0.247. The Hall–Kier alpha value is -0.570. The van der Waals surface area contributed by atoms with Gasteiger partial charge in [-0.2, -0.15) is 0 Å². The summed E-state index contributed by atoms with van der Waals surface area (Å²) < 4.78 is 0. The zero-order valence-corrected chi connectivity index (χ0v) is 12.4. The Labute approximate surface area is 117 Å². The van der Waals surface area contributed by atoms with E-state index in [0.717, 1.165) is 31.3 Å². The second-order valence-corrected chi connectivity index (χ2v) is 6.45. The molecule has 2 aliphatic rings. The topological polar surface area (TPSA) is 41.1 Å². The molecule has 2 N–H and O–H groups in total. The van der Waals surface area contributed by atoms with Crippen molar-refractivity contribution in [1.29, 1.82) is 0 Å². The maximum atomic E-state index is 11.9. The molecule has 0 spiro atoms. The first-order chi connectivity index (χ1) is 9.28. The quantitative estimate of drug-likeness (QED) is 0.803. The highest BCUT2D eigenvalue weighted by Crippen LogP contribution is 2.30. The van der Waals surface area contributed by atoms with Gasteiger partial charge in [-0.15, -0.1) is 0 Å². The molecule has 0 radical (unpaired) electrons. The van der Waals surface area contributed by atoms with Gasteiger partial charge in [0, 0.05) is 19.0 Å². The molecule has 110 valence electrons. The van der Waals surface area contributed by atoms with Gasteiger partial charge >= 0.3 is 0 Å². The molecular weight excluding hydrogens is 236 g/mol. The highest BCUT2D eigenvalue weighted by molar-refractivity contribution is 5.76. The maximum absolute atomic E-state index is 11.9. The lowest BCUT2D eigenvalue weighted by Gasteiger charge is -2.28. The van der Waals surface area contributed by atoms with Crippen molar-refractivity contribution in [2.45, 2.75) is 70.8 Å². The SMILES string of the molecule is CCC1CCC(CNC(=O)CC2CCCCN2)CC1.